The van der Waals surface area contributed by atoms with Gasteiger partial charge in [0.1, 0.15) is 0 Å². The maximum Gasteiger partial charge on any atom is -0.00202 e. The van der Waals surface area contributed by atoms with E-state index < -0.39 is 0 Å². The monoisotopic (exact) mass is 300 g/mol. The zero-order valence-electron chi connectivity index (χ0n) is 14.3. The van der Waals surface area contributed by atoms with Crippen LogP contribution in [0.25, 0.3) is 0 Å². The Morgan fingerprint density at radius 3 is 1.70 bits per heavy atom. The Morgan fingerprint density at radius 1 is 0.609 bits per heavy atom. The van der Waals surface area contributed by atoms with E-state index in [4.69, 9.17) is 0 Å². The number of hydrogen-bond donors (Lipinski definition) is 0. The Bertz CT molecular complexity index is 783. The first-order chi connectivity index (χ1) is 11.1. The van der Waals surface area contributed by atoms with Crippen LogP contribution in [0.3, 0.4) is 0 Å². The summed E-state index contributed by atoms with van der Waals surface area (Å²) < 4.78 is 0. The fourth-order valence-corrected chi connectivity index (χ4v) is 3.24. The van der Waals surface area contributed by atoms with Crippen molar-refractivity contribution < 1.29 is 0 Å². The van der Waals surface area contributed by atoms with E-state index in [1.807, 2.05) is 0 Å². The molecule has 3 aromatic carbocycles. The Morgan fingerprint density at radius 2 is 1.13 bits per heavy atom. The lowest BCUT2D eigenvalue weighted by Gasteiger charge is -2.18. The average molecular weight is 300 g/mol. The second-order valence-corrected chi connectivity index (χ2v) is 6.41. The summed E-state index contributed by atoms with van der Waals surface area (Å²) in [5.41, 5.74) is 9.97. The minimum absolute atomic E-state index is 1.00. The van der Waals surface area contributed by atoms with Gasteiger partial charge in [-0.3, -0.25) is 0 Å². The molecule has 0 saturated heterocycles. The van der Waals surface area contributed by atoms with Crippen LogP contribution in [0.1, 0.15) is 38.9 Å². The molecule has 3 aromatic rings. The van der Waals surface area contributed by atoms with Crippen LogP contribution in [0, 0.1) is 20.8 Å². The second kappa shape index (κ2) is 6.83. The zero-order valence-corrected chi connectivity index (χ0v) is 14.3. The van der Waals surface area contributed by atoms with Crippen molar-refractivity contribution in [3.8, 4) is 0 Å². The minimum atomic E-state index is 1.00. The summed E-state index contributed by atoms with van der Waals surface area (Å²) in [6.45, 7) is 6.74. The molecule has 0 heterocycles. The van der Waals surface area contributed by atoms with Crippen molar-refractivity contribution in [2.75, 3.05) is 0 Å². The summed E-state index contributed by atoms with van der Waals surface area (Å²) in [6.07, 6.45) is 2.01. The van der Waals surface area contributed by atoms with Gasteiger partial charge in [-0.05, 0) is 72.6 Å². The van der Waals surface area contributed by atoms with Gasteiger partial charge in [0.05, 0.1) is 0 Å². The van der Waals surface area contributed by atoms with Crippen LogP contribution >= 0.6 is 0 Å². The average Bonchev–Trinajstić information content (AvgIpc) is 2.58. The summed E-state index contributed by atoms with van der Waals surface area (Å²) >= 11 is 0. The molecule has 3 rings (SSSR count). The molecular weight excluding hydrogens is 276 g/mol. The predicted octanol–water partition coefficient (Wildman–Crippen LogP) is 5.79. The number of benzene rings is 3. The highest BCUT2D eigenvalue weighted by molar-refractivity contribution is 5.48. The summed E-state index contributed by atoms with van der Waals surface area (Å²) in [4.78, 5) is 0. The van der Waals surface area contributed by atoms with Gasteiger partial charge in [0.25, 0.3) is 0 Å². The maximum atomic E-state index is 2.38. The predicted molar refractivity (Wildman–Crippen MR) is 99.1 cm³/mol. The lowest BCUT2D eigenvalue weighted by atomic mass is 9.87. The molecule has 0 amide bonds. The highest BCUT2D eigenvalue weighted by Crippen LogP contribution is 2.26. The SMILES string of the molecule is Cc1cc(Cc2ccccc2)c(Cc2ccccc2)c(C)c1C. The van der Waals surface area contributed by atoms with Crippen LogP contribution in [0.4, 0.5) is 0 Å². The van der Waals surface area contributed by atoms with Crippen LogP contribution in [-0.4, -0.2) is 0 Å². The molecule has 0 radical (unpaired) electrons. The van der Waals surface area contributed by atoms with E-state index in [-0.39, 0.29) is 0 Å². The fourth-order valence-electron chi connectivity index (χ4n) is 3.24. The summed E-state index contributed by atoms with van der Waals surface area (Å²) in [6, 6.07) is 23.9. The lowest BCUT2D eigenvalue weighted by Crippen LogP contribution is -2.04. The molecule has 23 heavy (non-hydrogen) atoms. The molecule has 0 aliphatic rings. The molecule has 0 fully saturated rings. The zero-order chi connectivity index (χ0) is 16.2. The van der Waals surface area contributed by atoms with Gasteiger partial charge >= 0.3 is 0 Å². The van der Waals surface area contributed by atoms with Gasteiger partial charge < -0.3 is 0 Å². The van der Waals surface area contributed by atoms with E-state index in [0.29, 0.717) is 0 Å². The van der Waals surface area contributed by atoms with E-state index in [2.05, 4.69) is 87.5 Å². The molecule has 0 aromatic heterocycles. The van der Waals surface area contributed by atoms with Gasteiger partial charge in [0.2, 0.25) is 0 Å². The first kappa shape index (κ1) is 15.6. The third-order valence-electron chi connectivity index (χ3n) is 4.85. The number of aryl methyl sites for hydroxylation is 1. The molecular formula is C23H24. The van der Waals surface area contributed by atoms with Crippen LogP contribution in [-0.2, 0) is 12.8 Å². The molecule has 116 valence electrons. The van der Waals surface area contributed by atoms with Crippen molar-refractivity contribution in [2.45, 2.75) is 33.6 Å². The summed E-state index contributed by atoms with van der Waals surface area (Å²) in [5.74, 6) is 0. The third-order valence-corrected chi connectivity index (χ3v) is 4.85. The molecule has 0 saturated carbocycles. The second-order valence-electron chi connectivity index (χ2n) is 6.41. The standard InChI is InChI=1S/C23H24/c1-17-14-22(15-20-10-6-4-7-11-20)23(19(3)18(17)2)16-21-12-8-5-9-13-21/h4-14H,15-16H2,1-3H3. The third kappa shape index (κ3) is 3.53. The van der Waals surface area contributed by atoms with E-state index in [1.165, 1.54) is 38.9 Å². The molecule has 0 aliphatic heterocycles. The molecule has 0 nitrogen and oxygen atoms in total. The quantitative estimate of drug-likeness (QED) is 0.572. The van der Waals surface area contributed by atoms with E-state index >= 15 is 0 Å². The van der Waals surface area contributed by atoms with Gasteiger partial charge in [0.15, 0.2) is 0 Å². The van der Waals surface area contributed by atoms with Crippen molar-refractivity contribution in [2.24, 2.45) is 0 Å². The van der Waals surface area contributed by atoms with Crippen LogP contribution in [0.15, 0.2) is 66.7 Å². The van der Waals surface area contributed by atoms with Crippen molar-refractivity contribution in [3.05, 3.63) is 106 Å². The van der Waals surface area contributed by atoms with E-state index in [9.17, 15) is 0 Å². The molecule has 0 bridgehead atoms. The first-order valence-electron chi connectivity index (χ1n) is 8.31. The summed E-state index contributed by atoms with van der Waals surface area (Å²) in [5, 5.41) is 0. The lowest BCUT2D eigenvalue weighted by molar-refractivity contribution is 1.04. The Balaban J connectivity index is 2.03. The minimum Gasteiger partial charge on any atom is -0.0622 e. The maximum absolute atomic E-state index is 2.38. The van der Waals surface area contributed by atoms with Crippen molar-refractivity contribution in [1.82, 2.24) is 0 Å². The van der Waals surface area contributed by atoms with E-state index in [0.717, 1.165) is 12.8 Å². The Hall–Kier alpha value is -2.34. The first-order valence-corrected chi connectivity index (χ1v) is 8.31. The number of hydrogen-bond acceptors (Lipinski definition) is 0. The molecule has 0 spiro atoms. The highest BCUT2D eigenvalue weighted by atomic mass is 14.2. The smallest absolute Gasteiger partial charge is 0.00202 e. The largest absolute Gasteiger partial charge is 0.0622 e. The topological polar surface area (TPSA) is 0 Å². The van der Waals surface area contributed by atoms with Crippen molar-refractivity contribution >= 4 is 0 Å². The van der Waals surface area contributed by atoms with Crippen molar-refractivity contribution in [1.29, 1.82) is 0 Å². The van der Waals surface area contributed by atoms with Crippen LogP contribution in [0.2, 0.25) is 0 Å². The van der Waals surface area contributed by atoms with Gasteiger partial charge in [-0.2, -0.15) is 0 Å². The summed E-state index contributed by atoms with van der Waals surface area (Å²) in [7, 11) is 0. The fraction of sp³-hybridized carbons (Fsp3) is 0.217. The van der Waals surface area contributed by atoms with Gasteiger partial charge in [0, 0.05) is 0 Å². The normalized spacial score (nSPS) is 10.7. The molecule has 0 atom stereocenters. The van der Waals surface area contributed by atoms with Crippen LogP contribution in [0.5, 0.6) is 0 Å². The highest BCUT2D eigenvalue weighted by Gasteiger charge is 2.12. The van der Waals surface area contributed by atoms with Crippen molar-refractivity contribution in [3.63, 3.8) is 0 Å². The van der Waals surface area contributed by atoms with Crippen LogP contribution < -0.4 is 0 Å². The van der Waals surface area contributed by atoms with Gasteiger partial charge in [-0.1, -0.05) is 66.7 Å². The Labute approximate surface area is 139 Å². The Kier molecular flexibility index (Phi) is 4.62. The number of rotatable bonds is 4. The molecule has 0 aliphatic carbocycles. The molecule has 0 heteroatoms. The van der Waals surface area contributed by atoms with Gasteiger partial charge in [-0.25, -0.2) is 0 Å². The molecule has 0 unspecified atom stereocenters. The van der Waals surface area contributed by atoms with Gasteiger partial charge in [-0.15, -0.1) is 0 Å². The van der Waals surface area contributed by atoms with E-state index in [1.54, 1.807) is 0 Å². The molecule has 0 N–H and O–H groups in total.